The maximum atomic E-state index is 13.0. The van der Waals surface area contributed by atoms with Crippen LogP contribution in [0.5, 0.6) is 5.75 Å². The van der Waals surface area contributed by atoms with Crippen LogP contribution in [0.15, 0.2) is 82.5 Å². The van der Waals surface area contributed by atoms with E-state index in [4.69, 9.17) is 14.9 Å². The van der Waals surface area contributed by atoms with Crippen LogP contribution < -0.4 is 20.9 Å². The predicted molar refractivity (Wildman–Crippen MR) is 157 cm³/mol. The fraction of sp³-hybridized carbons (Fsp3) is 0.333. The molecule has 236 valence electrons. The Hall–Kier alpha value is -4.85. The minimum absolute atomic E-state index is 0.228. The summed E-state index contributed by atoms with van der Waals surface area (Å²) >= 11 is 0. The average Bonchev–Trinajstić information content (AvgIpc) is 2.99. The number of benzene rings is 2. The van der Waals surface area contributed by atoms with Gasteiger partial charge in [-0.05, 0) is 44.2 Å². The molecule has 1 saturated heterocycles. The third-order valence-corrected chi connectivity index (χ3v) is 6.55. The van der Waals surface area contributed by atoms with Crippen molar-refractivity contribution in [3.8, 4) is 11.4 Å². The first-order valence-corrected chi connectivity index (χ1v) is 13.6. The highest BCUT2D eigenvalue weighted by molar-refractivity contribution is 5.89. The number of carboxylic acid groups (broad SMARTS) is 2. The number of ether oxygens (including phenoxy) is 1. The number of rotatable bonds is 10. The van der Waals surface area contributed by atoms with Crippen molar-refractivity contribution >= 4 is 17.6 Å². The molecule has 0 radical (unpaired) electrons. The minimum Gasteiger partial charge on any atom is -0.482 e. The molecule has 2 N–H and O–H groups in total. The fourth-order valence-corrected chi connectivity index (χ4v) is 4.52. The first-order chi connectivity index (χ1) is 20.9. The van der Waals surface area contributed by atoms with Crippen LogP contribution >= 0.6 is 0 Å². The van der Waals surface area contributed by atoms with E-state index < -0.39 is 24.7 Å². The highest BCUT2D eigenvalue weighted by atomic mass is 19.4. The average molecular weight is 619 g/mol. The largest absolute Gasteiger partial charge is 0.482 e. The predicted octanol–water partition coefficient (Wildman–Crippen LogP) is 3.17. The number of aliphatic carboxylic acids is 2. The van der Waals surface area contributed by atoms with Gasteiger partial charge in [-0.15, -0.1) is 0 Å². The van der Waals surface area contributed by atoms with E-state index in [1.54, 1.807) is 66.2 Å². The third kappa shape index (κ3) is 10.2. The number of nitrogens with zero attached hydrogens (tertiary/aromatic N) is 4. The molecule has 14 heteroatoms. The molecule has 0 saturated carbocycles. The number of piperazine rings is 1. The summed E-state index contributed by atoms with van der Waals surface area (Å²) in [5.41, 5.74) is 1.01. The van der Waals surface area contributed by atoms with E-state index in [0.29, 0.717) is 48.7 Å². The Morgan fingerprint density at radius 3 is 2.07 bits per heavy atom. The van der Waals surface area contributed by atoms with Crippen molar-refractivity contribution in [3.05, 3.63) is 99.3 Å². The standard InChI is InChI=1S/C26H29F3N4O3.C4H4O4/c1-20-18-32(25(35)33(24(20)34)21-8-3-2-4-9-21)13-7-12-30-14-16-31(17-15-30)22-10-5-6-11-23(22)36-19-26(27,28)29;5-3(6)1-2-4(7)8/h2-6,8-11,18H,7,12-17,19H2,1H3;1-2H,(H,5,6)(H,7,8). The van der Waals surface area contributed by atoms with Crippen LogP contribution in [0.1, 0.15) is 12.0 Å². The van der Waals surface area contributed by atoms with Crippen LogP contribution in [0.4, 0.5) is 18.9 Å². The lowest BCUT2D eigenvalue weighted by Crippen LogP contribution is -2.47. The summed E-state index contributed by atoms with van der Waals surface area (Å²) in [4.78, 5) is 49.0. The summed E-state index contributed by atoms with van der Waals surface area (Å²) in [6.07, 6.45) is -0.942. The summed E-state index contributed by atoms with van der Waals surface area (Å²) in [6, 6.07) is 15.7. The normalized spacial score (nSPS) is 13.8. The highest BCUT2D eigenvalue weighted by Crippen LogP contribution is 2.30. The third-order valence-electron chi connectivity index (χ3n) is 6.55. The number of aryl methyl sites for hydroxylation is 2. The molecule has 0 amide bonds. The first-order valence-electron chi connectivity index (χ1n) is 13.6. The van der Waals surface area contributed by atoms with Gasteiger partial charge in [0.2, 0.25) is 0 Å². The Labute approximate surface area is 250 Å². The minimum atomic E-state index is -4.39. The van der Waals surface area contributed by atoms with Crippen molar-refractivity contribution in [2.45, 2.75) is 26.1 Å². The van der Waals surface area contributed by atoms with E-state index in [0.717, 1.165) is 26.1 Å². The van der Waals surface area contributed by atoms with Crippen LogP contribution in [0.3, 0.4) is 0 Å². The molecule has 0 spiro atoms. The van der Waals surface area contributed by atoms with E-state index in [1.165, 1.54) is 4.57 Å². The van der Waals surface area contributed by atoms with E-state index in [9.17, 15) is 32.3 Å². The molecule has 0 aliphatic carbocycles. The summed E-state index contributed by atoms with van der Waals surface area (Å²) in [7, 11) is 0. The molecular formula is C30H33F3N4O7. The van der Waals surface area contributed by atoms with Crippen molar-refractivity contribution in [2.75, 3.05) is 44.2 Å². The van der Waals surface area contributed by atoms with Crippen molar-refractivity contribution in [3.63, 3.8) is 0 Å². The van der Waals surface area contributed by atoms with E-state index >= 15 is 0 Å². The van der Waals surface area contributed by atoms with Gasteiger partial charge in [-0.2, -0.15) is 13.2 Å². The quantitative estimate of drug-likeness (QED) is 0.329. The van der Waals surface area contributed by atoms with Gasteiger partial charge < -0.3 is 19.8 Å². The number of para-hydroxylation sites is 3. The summed E-state index contributed by atoms with van der Waals surface area (Å²) < 4.78 is 45.6. The molecule has 44 heavy (non-hydrogen) atoms. The number of aromatic nitrogens is 2. The summed E-state index contributed by atoms with van der Waals surface area (Å²) in [6.45, 7) is 4.41. The van der Waals surface area contributed by atoms with Gasteiger partial charge in [0, 0.05) is 56.6 Å². The number of halogens is 3. The van der Waals surface area contributed by atoms with Crippen molar-refractivity contribution in [2.24, 2.45) is 0 Å². The Morgan fingerprint density at radius 1 is 0.886 bits per heavy atom. The van der Waals surface area contributed by atoms with Gasteiger partial charge in [-0.1, -0.05) is 30.3 Å². The second-order valence-corrected chi connectivity index (χ2v) is 9.83. The molecule has 3 aromatic rings. The smallest absolute Gasteiger partial charge is 0.422 e. The van der Waals surface area contributed by atoms with Crippen molar-refractivity contribution in [1.82, 2.24) is 14.0 Å². The van der Waals surface area contributed by atoms with Gasteiger partial charge >= 0.3 is 23.8 Å². The van der Waals surface area contributed by atoms with Crippen LogP contribution in [0.25, 0.3) is 5.69 Å². The van der Waals surface area contributed by atoms with E-state index in [1.807, 2.05) is 11.0 Å². The zero-order valence-electron chi connectivity index (χ0n) is 23.9. The van der Waals surface area contributed by atoms with Gasteiger partial charge in [0.25, 0.3) is 5.56 Å². The van der Waals surface area contributed by atoms with Crippen molar-refractivity contribution < 1.29 is 37.7 Å². The number of hydrogen-bond donors (Lipinski definition) is 2. The van der Waals surface area contributed by atoms with Gasteiger partial charge in [-0.3, -0.25) is 14.3 Å². The Morgan fingerprint density at radius 2 is 1.48 bits per heavy atom. The number of carboxylic acids is 2. The van der Waals surface area contributed by atoms with Gasteiger partial charge in [0.15, 0.2) is 6.61 Å². The topological polar surface area (TPSA) is 134 Å². The number of alkyl halides is 3. The molecule has 0 atom stereocenters. The van der Waals surface area contributed by atoms with Crippen LogP contribution in [0, 0.1) is 6.92 Å². The lowest BCUT2D eigenvalue weighted by atomic mass is 10.2. The highest BCUT2D eigenvalue weighted by Gasteiger charge is 2.29. The first kappa shape index (κ1) is 33.6. The van der Waals surface area contributed by atoms with E-state index in [2.05, 4.69) is 4.90 Å². The molecular weight excluding hydrogens is 585 g/mol. The van der Waals surface area contributed by atoms with Crippen LogP contribution in [-0.2, 0) is 16.1 Å². The number of anilines is 1. The Bertz CT molecular complexity index is 1550. The SMILES string of the molecule is Cc1cn(CCCN2CCN(c3ccccc3OCC(F)(F)F)CC2)c(=O)n(-c2ccccc2)c1=O.O=C(O)C=CC(=O)O. The molecule has 1 fully saturated rings. The van der Waals surface area contributed by atoms with Crippen molar-refractivity contribution in [1.29, 1.82) is 0 Å². The molecule has 11 nitrogen and oxygen atoms in total. The van der Waals surface area contributed by atoms with Gasteiger partial charge in [-0.25, -0.2) is 19.0 Å². The maximum absolute atomic E-state index is 13.0. The molecule has 1 aromatic heterocycles. The second kappa shape index (κ2) is 15.6. The molecule has 1 aliphatic heterocycles. The molecule has 1 aliphatic rings. The number of carbonyl (C=O) groups is 2. The van der Waals surface area contributed by atoms with E-state index in [-0.39, 0.29) is 17.0 Å². The van der Waals surface area contributed by atoms with Gasteiger partial charge in [0.1, 0.15) is 5.75 Å². The van der Waals surface area contributed by atoms with Gasteiger partial charge in [0.05, 0.1) is 11.4 Å². The lowest BCUT2D eigenvalue weighted by molar-refractivity contribution is -0.153. The number of hydrogen-bond acceptors (Lipinski definition) is 7. The molecule has 2 heterocycles. The monoisotopic (exact) mass is 618 g/mol. The maximum Gasteiger partial charge on any atom is 0.422 e. The summed E-state index contributed by atoms with van der Waals surface area (Å²) in [5.74, 6) is -2.29. The lowest BCUT2D eigenvalue weighted by Gasteiger charge is -2.36. The fourth-order valence-electron chi connectivity index (χ4n) is 4.52. The van der Waals surface area contributed by atoms with Crippen LogP contribution in [-0.4, -0.2) is 81.7 Å². The Kier molecular flexibility index (Phi) is 11.9. The zero-order valence-corrected chi connectivity index (χ0v) is 23.9. The van der Waals surface area contributed by atoms with Crippen LogP contribution in [0.2, 0.25) is 0 Å². The molecule has 2 aromatic carbocycles. The molecule has 0 unspecified atom stereocenters. The molecule has 0 bridgehead atoms. The molecule has 4 rings (SSSR count). The second-order valence-electron chi connectivity index (χ2n) is 9.83. The zero-order chi connectivity index (χ0) is 32.3. The Balaban J connectivity index is 0.000000583. The summed E-state index contributed by atoms with van der Waals surface area (Å²) in [5, 5.41) is 15.6.